The summed E-state index contributed by atoms with van der Waals surface area (Å²) in [5, 5.41) is 0.554. The van der Waals surface area contributed by atoms with E-state index in [-0.39, 0.29) is 0 Å². The Morgan fingerprint density at radius 1 is 1.58 bits per heavy atom. The Kier molecular flexibility index (Phi) is 2.00. The van der Waals surface area contributed by atoms with Crippen molar-refractivity contribution in [2.75, 3.05) is 5.73 Å². The van der Waals surface area contributed by atoms with Crippen molar-refractivity contribution in [1.82, 2.24) is 4.98 Å². The Morgan fingerprint density at radius 2 is 2.25 bits per heavy atom. The summed E-state index contributed by atoms with van der Waals surface area (Å²) in [6, 6.07) is 0. The summed E-state index contributed by atoms with van der Waals surface area (Å²) >= 11 is 9.25. The number of pyridine rings is 1. The molecule has 64 valence electrons. The van der Waals surface area contributed by atoms with Crippen LogP contribution in [-0.4, -0.2) is 4.98 Å². The number of nitrogen functional groups attached to an aromatic ring is 1. The zero-order chi connectivity index (χ0) is 8.72. The standard InChI is InChI=1S/C8H8BrClN2/c9-5-3-12-8(10)6(7(5)11)4-1-2-4/h3-4H,1-2H2,(H2,11,12). The summed E-state index contributed by atoms with van der Waals surface area (Å²) in [6.45, 7) is 0. The van der Waals surface area contributed by atoms with Gasteiger partial charge in [0.25, 0.3) is 0 Å². The number of hydrogen-bond acceptors (Lipinski definition) is 2. The lowest BCUT2D eigenvalue weighted by molar-refractivity contribution is 1.09. The van der Waals surface area contributed by atoms with Gasteiger partial charge in [0.2, 0.25) is 0 Å². The van der Waals surface area contributed by atoms with Gasteiger partial charge in [0.05, 0.1) is 10.2 Å². The number of anilines is 1. The minimum Gasteiger partial charge on any atom is -0.397 e. The Bertz CT molecular complexity index is 323. The molecule has 2 nitrogen and oxygen atoms in total. The highest BCUT2D eigenvalue weighted by Crippen LogP contribution is 2.46. The molecule has 1 aliphatic rings. The van der Waals surface area contributed by atoms with Gasteiger partial charge in [-0.3, -0.25) is 0 Å². The van der Waals surface area contributed by atoms with Crippen molar-refractivity contribution in [3.05, 3.63) is 21.4 Å². The van der Waals surface area contributed by atoms with Crippen LogP contribution in [0, 0.1) is 0 Å². The second-order valence-corrected chi connectivity index (χ2v) is 4.21. The van der Waals surface area contributed by atoms with Crippen LogP contribution < -0.4 is 5.73 Å². The van der Waals surface area contributed by atoms with Crippen molar-refractivity contribution in [1.29, 1.82) is 0 Å². The fourth-order valence-corrected chi connectivity index (χ4v) is 1.87. The van der Waals surface area contributed by atoms with E-state index in [9.17, 15) is 0 Å². The molecule has 1 heterocycles. The first kappa shape index (κ1) is 8.32. The van der Waals surface area contributed by atoms with Gasteiger partial charge >= 0.3 is 0 Å². The molecule has 4 heteroatoms. The molecule has 0 amide bonds. The van der Waals surface area contributed by atoms with E-state index in [4.69, 9.17) is 17.3 Å². The minimum atomic E-state index is 0.544. The summed E-state index contributed by atoms with van der Waals surface area (Å²) < 4.78 is 0.841. The topological polar surface area (TPSA) is 38.9 Å². The van der Waals surface area contributed by atoms with Crippen molar-refractivity contribution in [2.24, 2.45) is 0 Å². The second-order valence-electron chi connectivity index (χ2n) is 3.00. The quantitative estimate of drug-likeness (QED) is 0.775. The van der Waals surface area contributed by atoms with Crippen LogP contribution in [0.25, 0.3) is 0 Å². The third-order valence-corrected chi connectivity index (χ3v) is 2.98. The predicted molar refractivity (Wildman–Crippen MR) is 53.3 cm³/mol. The van der Waals surface area contributed by atoms with Crippen LogP contribution in [0.1, 0.15) is 24.3 Å². The van der Waals surface area contributed by atoms with Crippen molar-refractivity contribution in [3.63, 3.8) is 0 Å². The molecule has 0 atom stereocenters. The van der Waals surface area contributed by atoms with Crippen molar-refractivity contribution in [3.8, 4) is 0 Å². The molecule has 0 aromatic carbocycles. The Labute approximate surface area is 84.3 Å². The summed E-state index contributed by atoms with van der Waals surface area (Å²) in [5.74, 6) is 0.544. The number of rotatable bonds is 1. The van der Waals surface area contributed by atoms with Crippen LogP contribution in [0.3, 0.4) is 0 Å². The van der Waals surface area contributed by atoms with Gasteiger partial charge in [-0.1, -0.05) is 11.6 Å². The van der Waals surface area contributed by atoms with Gasteiger partial charge in [0.1, 0.15) is 5.15 Å². The molecule has 0 unspecified atom stereocenters. The lowest BCUT2D eigenvalue weighted by Gasteiger charge is -2.06. The minimum absolute atomic E-state index is 0.544. The number of nitrogens with zero attached hydrogens (tertiary/aromatic N) is 1. The van der Waals surface area contributed by atoms with E-state index in [0.29, 0.717) is 11.1 Å². The zero-order valence-electron chi connectivity index (χ0n) is 6.35. The molecule has 2 N–H and O–H groups in total. The molecule has 0 spiro atoms. The number of aromatic nitrogens is 1. The first-order chi connectivity index (χ1) is 5.70. The van der Waals surface area contributed by atoms with E-state index in [1.165, 1.54) is 12.8 Å². The van der Waals surface area contributed by atoms with E-state index in [1.807, 2.05) is 0 Å². The first-order valence-corrected chi connectivity index (χ1v) is 4.96. The Hall–Kier alpha value is -0.280. The van der Waals surface area contributed by atoms with Crippen molar-refractivity contribution >= 4 is 33.2 Å². The molecular weight excluding hydrogens is 239 g/mol. The smallest absolute Gasteiger partial charge is 0.134 e. The number of nitrogens with two attached hydrogens (primary N) is 1. The maximum Gasteiger partial charge on any atom is 0.134 e. The van der Waals surface area contributed by atoms with Crippen LogP contribution >= 0.6 is 27.5 Å². The average Bonchev–Trinajstić information content (AvgIpc) is 2.81. The second kappa shape index (κ2) is 2.89. The lowest BCUT2D eigenvalue weighted by atomic mass is 10.1. The molecule has 12 heavy (non-hydrogen) atoms. The molecule has 1 saturated carbocycles. The largest absolute Gasteiger partial charge is 0.397 e. The predicted octanol–water partition coefficient (Wildman–Crippen LogP) is 2.96. The normalized spacial score (nSPS) is 16.5. The zero-order valence-corrected chi connectivity index (χ0v) is 8.69. The summed E-state index contributed by atoms with van der Waals surface area (Å²) in [7, 11) is 0. The Balaban J connectivity index is 2.55. The van der Waals surface area contributed by atoms with Crippen LogP contribution in [0.15, 0.2) is 10.7 Å². The van der Waals surface area contributed by atoms with E-state index >= 15 is 0 Å². The molecule has 2 rings (SSSR count). The van der Waals surface area contributed by atoms with Gasteiger partial charge < -0.3 is 5.73 Å². The maximum atomic E-state index is 5.92. The molecule has 0 radical (unpaired) electrons. The van der Waals surface area contributed by atoms with E-state index < -0.39 is 0 Å². The van der Waals surface area contributed by atoms with Crippen LogP contribution in [0.5, 0.6) is 0 Å². The van der Waals surface area contributed by atoms with Crippen molar-refractivity contribution < 1.29 is 0 Å². The highest BCUT2D eigenvalue weighted by atomic mass is 79.9. The molecule has 1 aliphatic carbocycles. The molecule has 1 fully saturated rings. The van der Waals surface area contributed by atoms with Gasteiger partial charge in [-0.15, -0.1) is 0 Å². The highest BCUT2D eigenvalue weighted by molar-refractivity contribution is 9.10. The first-order valence-electron chi connectivity index (χ1n) is 3.79. The maximum absolute atomic E-state index is 5.92. The lowest BCUT2D eigenvalue weighted by Crippen LogP contribution is -1.96. The van der Waals surface area contributed by atoms with Gasteiger partial charge in [-0.05, 0) is 34.7 Å². The average molecular weight is 248 g/mol. The summed E-state index contributed by atoms with van der Waals surface area (Å²) in [6.07, 6.45) is 4.01. The number of halogens is 2. The fraction of sp³-hybridized carbons (Fsp3) is 0.375. The van der Waals surface area contributed by atoms with Crippen LogP contribution in [0.2, 0.25) is 5.15 Å². The van der Waals surface area contributed by atoms with E-state index in [1.54, 1.807) is 6.20 Å². The van der Waals surface area contributed by atoms with E-state index in [2.05, 4.69) is 20.9 Å². The summed E-state index contributed by atoms with van der Waals surface area (Å²) in [5.41, 5.74) is 7.62. The molecule has 0 bridgehead atoms. The molecular formula is C8H8BrClN2. The molecule has 0 saturated heterocycles. The van der Waals surface area contributed by atoms with Crippen LogP contribution in [-0.2, 0) is 0 Å². The molecule has 1 aromatic rings. The monoisotopic (exact) mass is 246 g/mol. The van der Waals surface area contributed by atoms with Crippen molar-refractivity contribution in [2.45, 2.75) is 18.8 Å². The van der Waals surface area contributed by atoms with Crippen LogP contribution in [0.4, 0.5) is 5.69 Å². The number of hydrogen-bond donors (Lipinski definition) is 1. The fourth-order valence-electron chi connectivity index (χ4n) is 1.25. The highest BCUT2D eigenvalue weighted by Gasteiger charge is 2.29. The summed E-state index contributed by atoms with van der Waals surface area (Å²) in [4.78, 5) is 4.04. The third kappa shape index (κ3) is 1.31. The Morgan fingerprint density at radius 3 is 2.83 bits per heavy atom. The van der Waals surface area contributed by atoms with Gasteiger partial charge in [0.15, 0.2) is 0 Å². The SMILES string of the molecule is Nc1c(Br)cnc(Cl)c1C1CC1. The molecule has 0 aliphatic heterocycles. The van der Waals surface area contributed by atoms with Gasteiger partial charge in [-0.2, -0.15) is 0 Å². The van der Waals surface area contributed by atoms with Gasteiger partial charge in [0, 0.05) is 11.8 Å². The van der Waals surface area contributed by atoms with E-state index in [0.717, 1.165) is 15.7 Å². The van der Waals surface area contributed by atoms with Gasteiger partial charge in [-0.25, -0.2) is 4.98 Å². The third-order valence-electron chi connectivity index (χ3n) is 2.05. The molecule has 1 aromatic heterocycles.